The van der Waals surface area contributed by atoms with E-state index in [1.807, 2.05) is 12.1 Å². The molecule has 1 aromatic rings. The average Bonchev–Trinajstić information content (AvgIpc) is 2.75. The number of halogens is 2. The van der Waals surface area contributed by atoms with Crippen molar-refractivity contribution >= 4 is 28.9 Å². The summed E-state index contributed by atoms with van der Waals surface area (Å²) in [5.41, 5.74) is 0.991. The van der Waals surface area contributed by atoms with Gasteiger partial charge in [0.1, 0.15) is 0 Å². The van der Waals surface area contributed by atoms with Crippen LogP contribution in [0.5, 0.6) is 0 Å². The average molecular weight is 258 g/mol. The van der Waals surface area contributed by atoms with Gasteiger partial charge in [0.2, 0.25) is 0 Å². The highest BCUT2D eigenvalue weighted by Crippen LogP contribution is 2.31. The maximum Gasteiger partial charge on any atom is 0.0652 e. The molecule has 0 radical (unpaired) electrons. The summed E-state index contributed by atoms with van der Waals surface area (Å²) < 4.78 is 0. The Bertz CT molecular complexity index is 359. The third kappa shape index (κ3) is 2.83. The van der Waals surface area contributed by atoms with Crippen LogP contribution in [0.2, 0.25) is 10.0 Å². The Morgan fingerprint density at radius 3 is 2.56 bits per heavy atom. The van der Waals surface area contributed by atoms with Crippen LogP contribution in [0.25, 0.3) is 0 Å². The van der Waals surface area contributed by atoms with Crippen LogP contribution in [0.4, 0.5) is 5.69 Å². The zero-order chi connectivity index (χ0) is 11.5. The van der Waals surface area contributed by atoms with Gasteiger partial charge in [-0.05, 0) is 43.9 Å². The number of nitrogens with one attached hydrogen (secondary N) is 1. The zero-order valence-corrected chi connectivity index (χ0v) is 11.0. The van der Waals surface area contributed by atoms with Crippen LogP contribution >= 0.6 is 23.2 Å². The van der Waals surface area contributed by atoms with Gasteiger partial charge in [0.15, 0.2) is 0 Å². The van der Waals surface area contributed by atoms with E-state index in [9.17, 15) is 0 Å². The van der Waals surface area contributed by atoms with Crippen molar-refractivity contribution in [2.45, 2.75) is 38.6 Å². The van der Waals surface area contributed by atoms with Crippen LogP contribution in [0.15, 0.2) is 18.2 Å². The van der Waals surface area contributed by atoms with Gasteiger partial charge in [-0.15, -0.1) is 0 Å². The second-order valence-electron chi connectivity index (χ2n) is 4.60. The fourth-order valence-electron chi connectivity index (χ4n) is 2.43. The maximum absolute atomic E-state index is 6.13. The van der Waals surface area contributed by atoms with Crippen LogP contribution in [0.1, 0.15) is 32.6 Å². The quantitative estimate of drug-likeness (QED) is 0.805. The van der Waals surface area contributed by atoms with E-state index < -0.39 is 0 Å². The van der Waals surface area contributed by atoms with Crippen LogP contribution in [0, 0.1) is 5.92 Å². The molecule has 0 saturated heterocycles. The van der Waals surface area contributed by atoms with Crippen molar-refractivity contribution in [3.8, 4) is 0 Å². The molecule has 2 rings (SSSR count). The van der Waals surface area contributed by atoms with Crippen molar-refractivity contribution in [1.82, 2.24) is 0 Å². The summed E-state index contributed by atoms with van der Waals surface area (Å²) in [5.74, 6) is 0.784. The fourth-order valence-corrected chi connectivity index (χ4v) is 2.89. The van der Waals surface area contributed by atoms with Gasteiger partial charge < -0.3 is 5.32 Å². The van der Waals surface area contributed by atoms with Crippen LogP contribution in [-0.4, -0.2) is 6.04 Å². The zero-order valence-electron chi connectivity index (χ0n) is 9.47. The van der Waals surface area contributed by atoms with Gasteiger partial charge in [0.05, 0.1) is 10.7 Å². The highest BCUT2D eigenvalue weighted by atomic mass is 35.5. The van der Waals surface area contributed by atoms with E-state index >= 15 is 0 Å². The first-order valence-corrected chi connectivity index (χ1v) is 6.64. The Balaban J connectivity index is 2.02. The Hall–Kier alpha value is -0.400. The first-order chi connectivity index (χ1) is 7.66. The lowest BCUT2D eigenvalue weighted by molar-refractivity contribution is 0.482. The molecule has 1 aliphatic carbocycles. The predicted molar refractivity (Wildman–Crippen MR) is 71.5 cm³/mol. The van der Waals surface area contributed by atoms with Gasteiger partial charge in [0.25, 0.3) is 0 Å². The Morgan fingerprint density at radius 2 is 1.94 bits per heavy atom. The van der Waals surface area contributed by atoms with E-state index in [2.05, 4.69) is 12.2 Å². The molecule has 0 amide bonds. The topological polar surface area (TPSA) is 12.0 Å². The van der Waals surface area contributed by atoms with E-state index in [4.69, 9.17) is 23.2 Å². The summed E-state index contributed by atoms with van der Waals surface area (Å²) in [6.45, 7) is 2.24. The normalized spacial score (nSPS) is 18.7. The molecule has 0 aliphatic heterocycles. The molecule has 88 valence electrons. The fraction of sp³-hybridized carbons (Fsp3) is 0.538. The largest absolute Gasteiger partial charge is 0.381 e. The minimum Gasteiger partial charge on any atom is -0.381 e. The summed E-state index contributed by atoms with van der Waals surface area (Å²) in [6, 6.07) is 6.10. The first kappa shape index (κ1) is 12.1. The highest BCUT2D eigenvalue weighted by Gasteiger charge is 2.21. The Kier molecular flexibility index (Phi) is 3.99. The monoisotopic (exact) mass is 257 g/mol. The van der Waals surface area contributed by atoms with E-state index in [0.29, 0.717) is 16.1 Å². The van der Waals surface area contributed by atoms with Gasteiger partial charge in [-0.1, -0.05) is 36.0 Å². The van der Waals surface area contributed by atoms with Gasteiger partial charge >= 0.3 is 0 Å². The SMILES string of the molecule is CC(Nc1ccc(Cl)cc1Cl)C1CCCC1. The van der Waals surface area contributed by atoms with Crippen molar-refractivity contribution < 1.29 is 0 Å². The molecule has 1 N–H and O–H groups in total. The van der Waals surface area contributed by atoms with Crippen LogP contribution < -0.4 is 5.32 Å². The van der Waals surface area contributed by atoms with Crippen molar-refractivity contribution in [2.24, 2.45) is 5.92 Å². The van der Waals surface area contributed by atoms with Gasteiger partial charge in [-0.2, -0.15) is 0 Å². The minimum absolute atomic E-state index is 0.487. The molecule has 1 fully saturated rings. The van der Waals surface area contributed by atoms with Gasteiger partial charge in [-0.3, -0.25) is 0 Å². The molecule has 1 aromatic carbocycles. The molecule has 1 nitrogen and oxygen atoms in total. The molecule has 16 heavy (non-hydrogen) atoms. The lowest BCUT2D eigenvalue weighted by Crippen LogP contribution is -2.23. The summed E-state index contributed by atoms with van der Waals surface area (Å²) in [4.78, 5) is 0. The molecular formula is C13H17Cl2N. The maximum atomic E-state index is 6.13. The van der Waals surface area contributed by atoms with Gasteiger partial charge in [0, 0.05) is 11.1 Å². The van der Waals surface area contributed by atoms with E-state index in [1.54, 1.807) is 6.07 Å². The molecule has 1 aliphatic rings. The van der Waals surface area contributed by atoms with Crippen molar-refractivity contribution in [3.05, 3.63) is 28.2 Å². The van der Waals surface area contributed by atoms with Crippen molar-refractivity contribution in [3.63, 3.8) is 0 Å². The van der Waals surface area contributed by atoms with E-state index in [1.165, 1.54) is 25.7 Å². The molecule has 1 unspecified atom stereocenters. The molecule has 3 heteroatoms. The summed E-state index contributed by atoms with van der Waals surface area (Å²) in [5, 5.41) is 4.88. The third-order valence-corrected chi connectivity index (χ3v) is 3.97. The molecule has 0 spiro atoms. The van der Waals surface area contributed by atoms with Crippen LogP contribution in [-0.2, 0) is 0 Å². The molecule has 0 heterocycles. The van der Waals surface area contributed by atoms with Crippen molar-refractivity contribution in [2.75, 3.05) is 5.32 Å². The number of benzene rings is 1. The number of anilines is 1. The second kappa shape index (κ2) is 5.29. The standard InChI is InChI=1S/C13H17Cl2N/c1-9(10-4-2-3-5-10)16-13-7-6-11(14)8-12(13)15/h6-10,16H,2-5H2,1H3. The smallest absolute Gasteiger partial charge is 0.0652 e. The van der Waals surface area contributed by atoms with Crippen LogP contribution in [0.3, 0.4) is 0 Å². The molecule has 0 bridgehead atoms. The summed E-state index contributed by atoms with van der Waals surface area (Å²) >= 11 is 12.0. The lowest BCUT2D eigenvalue weighted by atomic mass is 9.99. The highest BCUT2D eigenvalue weighted by molar-refractivity contribution is 6.36. The third-order valence-electron chi connectivity index (χ3n) is 3.42. The summed E-state index contributed by atoms with van der Waals surface area (Å²) in [6.07, 6.45) is 5.40. The number of hydrogen-bond donors (Lipinski definition) is 1. The lowest BCUT2D eigenvalue weighted by Gasteiger charge is -2.22. The minimum atomic E-state index is 0.487. The van der Waals surface area contributed by atoms with Crippen molar-refractivity contribution in [1.29, 1.82) is 0 Å². The Morgan fingerprint density at radius 1 is 1.25 bits per heavy atom. The molecule has 0 aromatic heterocycles. The van der Waals surface area contributed by atoms with E-state index in [-0.39, 0.29) is 0 Å². The second-order valence-corrected chi connectivity index (χ2v) is 5.45. The Labute approximate surface area is 107 Å². The van der Waals surface area contributed by atoms with E-state index in [0.717, 1.165) is 11.6 Å². The number of rotatable bonds is 3. The summed E-state index contributed by atoms with van der Waals surface area (Å²) in [7, 11) is 0. The number of hydrogen-bond acceptors (Lipinski definition) is 1. The molecular weight excluding hydrogens is 241 g/mol. The molecule has 1 atom stereocenters. The van der Waals surface area contributed by atoms with Gasteiger partial charge in [-0.25, -0.2) is 0 Å². The molecule has 1 saturated carbocycles. The first-order valence-electron chi connectivity index (χ1n) is 5.88. The predicted octanol–water partition coefficient (Wildman–Crippen LogP) is 4.98.